The number of ether oxygens (including phenoxy) is 2. The molecule has 5 heterocycles. The molecule has 3 aromatic rings. The molecule has 1 unspecified atom stereocenters. The molecule has 2 aromatic heterocycles. The van der Waals surface area contributed by atoms with Crippen molar-refractivity contribution in [2.45, 2.75) is 32.1 Å². The SMILES string of the molecule is CC(=O)NC[C@@H]1CN(c2ccc(-c3cnc(N4CCN(CC5(C)Cn6cc([N+](=O)[O-])nc6O5)CC4)nc3)c(F)c2)C(=O)O1. The number of amides is 2. The Bertz CT molecular complexity index is 1530. The minimum Gasteiger partial charge on any atom is -0.442 e. The molecule has 3 aliphatic heterocycles. The molecule has 2 fully saturated rings. The molecule has 2 saturated heterocycles. The highest BCUT2D eigenvalue weighted by molar-refractivity contribution is 5.90. The number of nitrogens with one attached hydrogen (secondary N) is 1. The molecular formula is C27H30FN9O6. The standard InChI is InChI=1S/C27H30FN9O6/c1-17(38)29-12-20-13-36(26(39)42-20)19-3-4-21(22(28)9-19)18-10-30-24(31-11-18)34-7-5-33(6-8-34)15-27(2)16-35-14-23(37(40)41)32-25(35)43-27/h3-4,9-11,14,20H,5-8,12-13,15-16H2,1-2H3,(H,29,38)/t20-,27?/m1/s1. The van der Waals surface area contributed by atoms with E-state index in [1.54, 1.807) is 29.1 Å². The van der Waals surface area contributed by atoms with E-state index in [4.69, 9.17) is 9.47 Å². The predicted octanol–water partition coefficient (Wildman–Crippen LogP) is 1.82. The van der Waals surface area contributed by atoms with Crippen molar-refractivity contribution in [2.24, 2.45) is 0 Å². The lowest BCUT2D eigenvalue weighted by Gasteiger charge is -2.37. The first-order valence-corrected chi connectivity index (χ1v) is 13.8. The summed E-state index contributed by atoms with van der Waals surface area (Å²) in [6, 6.07) is 4.74. The number of halogens is 1. The number of benzene rings is 1. The number of carbonyl (C=O) groups is 2. The molecule has 1 aromatic carbocycles. The van der Waals surface area contributed by atoms with Crippen molar-refractivity contribution in [3.8, 4) is 17.1 Å². The molecule has 0 saturated carbocycles. The fourth-order valence-electron chi connectivity index (χ4n) is 5.57. The van der Waals surface area contributed by atoms with E-state index in [-0.39, 0.29) is 30.8 Å². The maximum Gasteiger partial charge on any atom is 0.415 e. The van der Waals surface area contributed by atoms with Crippen molar-refractivity contribution in [2.75, 3.05) is 55.6 Å². The van der Waals surface area contributed by atoms with E-state index in [2.05, 4.69) is 30.1 Å². The highest BCUT2D eigenvalue weighted by atomic mass is 19.1. The summed E-state index contributed by atoms with van der Waals surface area (Å²) in [4.78, 5) is 52.4. The largest absolute Gasteiger partial charge is 0.442 e. The van der Waals surface area contributed by atoms with Crippen LogP contribution >= 0.6 is 0 Å². The first-order valence-electron chi connectivity index (χ1n) is 13.8. The molecule has 0 radical (unpaired) electrons. The van der Waals surface area contributed by atoms with Crippen LogP contribution in [0.1, 0.15) is 13.8 Å². The zero-order valence-corrected chi connectivity index (χ0v) is 23.6. The third kappa shape index (κ3) is 5.90. The Hall–Kier alpha value is -4.86. The van der Waals surface area contributed by atoms with E-state index in [0.717, 1.165) is 13.1 Å². The Balaban J connectivity index is 1.03. The van der Waals surface area contributed by atoms with Crippen LogP contribution in [0.5, 0.6) is 6.01 Å². The smallest absolute Gasteiger partial charge is 0.415 e. The van der Waals surface area contributed by atoms with Gasteiger partial charge < -0.3 is 29.8 Å². The van der Waals surface area contributed by atoms with Gasteiger partial charge in [0, 0.05) is 68.2 Å². The van der Waals surface area contributed by atoms with Gasteiger partial charge in [0.15, 0.2) is 0 Å². The molecule has 3 aliphatic rings. The van der Waals surface area contributed by atoms with Gasteiger partial charge in [0.05, 0.1) is 25.3 Å². The second-order valence-corrected chi connectivity index (χ2v) is 11.1. The van der Waals surface area contributed by atoms with E-state index in [1.165, 1.54) is 24.1 Å². The number of cyclic esters (lactones) is 1. The van der Waals surface area contributed by atoms with Crippen LogP contribution in [-0.2, 0) is 16.1 Å². The molecule has 43 heavy (non-hydrogen) atoms. The lowest BCUT2D eigenvalue weighted by molar-refractivity contribution is -0.389. The van der Waals surface area contributed by atoms with Crippen LogP contribution in [-0.4, -0.2) is 98.9 Å². The van der Waals surface area contributed by atoms with Gasteiger partial charge in [0.1, 0.15) is 23.7 Å². The van der Waals surface area contributed by atoms with Crippen LogP contribution < -0.4 is 19.9 Å². The highest BCUT2D eigenvalue weighted by Gasteiger charge is 2.42. The lowest BCUT2D eigenvalue weighted by atomic mass is 10.1. The molecule has 6 rings (SSSR count). The number of rotatable bonds is 8. The number of anilines is 2. The van der Waals surface area contributed by atoms with Crippen LogP contribution in [0.4, 0.5) is 26.6 Å². The quantitative estimate of drug-likeness (QED) is 0.299. The van der Waals surface area contributed by atoms with Gasteiger partial charge >= 0.3 is 17.9 Å². The first kappa shape index (κ1) is 28.3. The summed E-state index contributed by atoms with van der Waals surface area (Å²) in [5, 5.41) is 13.6. The number of nitrogens with zero attached hydrogens (tertiary/aromatic N) is 8. The fourth-order valence-corrected chi connectivity index (χ4v) is 5.57. The van der Waals surface area contributed by atoms with Gasteiger partial charge in [-0.05, 0) is 30.0 Å². The van der Waals surface area contributed by atoms with Crippen LogP contribution in [0.15, 0.2) is 36.8 Å². The van der Waals surface area contributed by atoms with E-state index >= 15 is 4.39 Å². The molecule has 0 aliphatic carbocycles. The summed E-state index contributed by atoms with van der Waals surface area (Å²) in [5.41, 5.74) is 0.622. The zero-order chi connectivity index (χ0) is 30.3. The molecule has 0 spiro atoms. The number of imidazole rings is 1. The van der Waals surface area contributed by atoms with Crippen molar-refractivity contribution < 1.29 is 28.4 Å². The highest BCUT2D eigenvalue weighted by Crippen LogP contribution is 2.32. The van der Waals surface area contributed by atoms with Gasteiger partial charge in [-0.15, -0.1) is 0 Å². The van der Waals surface area contributed by atoms with E-state index < -0.39 is 28.5 Å². The zero-order valence-electron chi connectivity index (χ0n) is 23.6. The van der Waals surface area contributed by atoms with Crippen LogP contribution in [0, 0.1) is 15.9 Å². The molecule has 226 valence electrons. The summed E-state index contributed by atoms with van der Waals surface area (Å²) in [6.07, 6.45) is 3.44. The van der Waals surface area contributed by atoms with Gasteiger partial charge in [-0.3, -0.25) is 19.2 Å². The lowest BCUT2D eigenvalue weighted by Crippen LogP contribution is -2.53. The second-order valence-electron chi connectivity index (χ2n) is 11.1. The Morgan fingerprint density at radius 2 is 1.98 bits per heavy atom. The number of hydrogen-bond donors (Lipinski definition) is 1. The van der Waals surface area contributed by atoms with Crippen molar-refractivity contribution in [1.82, 2.24) is 29.7 Å². The second kappa shape index (κ2) is 11.1. The molecular weight excluding hydrogens is 565 g/mol. The monoisotopic (exact) mass is 595 g/mol. The van der Waals surface area contributed by atoms with Crippen LogP contribution in [0.2, 0.25) is 0 Å². The third-order valence-corrected chi connectivity index (χ3v) is 7.64. The Labute approximate surface area is 245 Å². The molecule has 16 heteroatoms. The average molecular weight is 596 g/mol. The minimum atomic E-state index is -0.599. The minimum absolute atomic E-state index is 0.186. The van der Waals surface area contributed by atoms with Gasteiger partial charge in [-0.1, -0.05) is 0 Å². The predicted molar refractivity (Wildman–Crippen MR) is 150 cm³/mol. The number of aromatic nitrogens is 4. The Kier molecular flexibility index (Phi) is 7.29. The first-order chi connectivity index (χ1) is 20.6. The number of nitro groups is 1. The van der Waals surface area contributed by atoms with Crippen molar-refractivity contribution in [1.29, 1.82) is 0 Å². The topological polar surface area (TPSA) is 161 Å². The molecule has 1 N–H and O–H groups in total. The van der Waals surface area contributed by atoms with Gasteiger partial charge in [0.2, 0.25) is 11.9 Å². The summed E-state index contributed by atoms with van der Waals surface area (Å²) < 4.78 is 28.0. The van der Waals surface area contributed by atoms with E-state index in [0.29, 0.717) is 48.9 Å². The number of hydrogen-bond acceptors (Lipinski definition) is 11. The summed E-state index contributed by atoms with van der Waals surface area (Å²) in [5.74, 6) is -0.433. The van der Waals surface area contributed by atoms with Crippen LogP contribution in [0.3, 0.4) is 0 Å². The third-order valence-electron chi connectivity index (χ3n) is 7.64. The average Bonchev–Trinajstić information content (AvgIpc) is 3.63. The summed E-state index contributed by atoms with van der Waals surface area (Å²) in [7, 11) is 0. The molecule has 0 bridgehead atoms. The Morgan fingerprint density at radius 3 is 2.63 bits per heavy atom. The van der Waals surface area contributed by atoms with Crippen LogP contribution in [0.25, 0.3) is 11.1 Å². The molecule has 2 atom stereocenters. The molecule has 15 nitrogen and oxygen atoms in total. The Morgan fingerprint density at radius 1 is 1.23 bits per heavy atom. The fraction of sp³-hybridized carbons (Fsp3) is 0.444. The summed E-state index contributed by atoms with van der Waals surface area (Å²) >= 11 is 0. The van der Waals surface area contributed by atoms with Gasteiger partial charge in [0.25, 0.3) is 0 Å². The van der Waals surface area contributed by atoms with Crippen molar-refractivity contribution in [3.05, 3.63) is 52.7 Å². The van der Waals surface area contributed by atoms with Crippen molar-refractivity contribution in [3.63, 3.8) is 0 Å². The van der Waals surface area contributed by atoms with Crippen molar-refractivity contribution >= 4 is 29.5 Å². The normalized spacial score (nSPS) is 21.8. The summed E-state index contributed by atoms with van der Waals surface area (Å²) in [6.45, 7) is 7.70. The maximum atomic E-state index is 15.1. The molecule has 2 amide bonds. The van der Waals surface area contributed by atoms with E-state index in [1.807, 2.05) is 6.92 Å². The van der Waals surface area contributed by atoms with E-state index in [9.17, 15) is 19.7 Å². The number of carbonyl (C=O) groups excluding carboxylic acids is 2. The number of piperazine rings is 1. The van der Waals surface area contributed by atoms with Gasteiger partial charge in [-0.2, -0.15) is 0 Å². The number of fused-ring (bicyclic) bond motifs is 1. The maximum absolute atomic E-state index is 15.1. The van der Waals surface area contributed by atoms with Gasteiger partial charge in [-0.25, -0.2) is 19.2 Å².